The van der Waals surface area contributed by atoms with Crippen LogP contribution in [0.2, 0.25) is 5.02 Å². The number of ether oxygens (including phenoxy) is 2. The molecule has 1 heterocycles. The Morgan fingerprint density at radius 1 is 1.09 bits per heavy atom. The summed E-state index contributed by atoms with van der Waals surface area (Å²) in [6.45, 7) is -0.995. The number of nitrogens with one attached hydrogen (secondary N) is 1. The number of ketones is 1. The van der Waals surface area contributed by atoms with E-state index in [1.54, 1.807) is 0 Å². The number of para-hydroxylation sites is 1. The molecule has 0 atom stereocenters. The van der Waals surface area contributed by atoms with Crippen LogP contribution < -0.4 is 10.1 Å². The topological polar surface area (TPSA) is 138 Å². The molecule has 0 spiro atoms. The minimum Gasteiger partial charge on any atom is -0.456 e. The van der Waals surface area contributed by atoms with Crippen molar-refractivity contribution in [2.24, 2.45) is 0 Å². The van der Waals surface area contributed by atoms with Gasteiger partial charge >= 0.3 is 11.7 Å². The molecule has 2 aromatic carbocycles. The Bertz CT molecular complexity index is 1210. The molecule has 0 aliphatic heterocycles. The van der Waals surface area contributed by atoms with Crippen LogP contribution in [0.4, 0.5) is 5.69 Å². The number of hydrogen-bond acceptors (Lipinski definition) is 8. The second-order valence-corrected chi connectivity index (χ2v) is 7.53. The third-order valence-electron chi connectivity index (χ3n) is 4.09. The van der Waals surface area contributed by atoms with E-state index in [-0.39, 0.29) is 33.5 Å². The number of carbonyl (C=O) groups is 3. The van der Waals surface area contributed by atoms with Crippen LogP contribution in [-0.4, -0.2) is 35.7 Å². The van der Waals surface area contributed by atoms with Crippen LogP contribution >= 0.6 is 27.5 Å². The van der Waals surface area contributed by atoms with Gasteiger partial charge in [0.15, 0.2) is 22.8 Å². The maximum Gasteiger partial charge on any atom is 0.325 e. The third kappa shape index (κ3) is 6.40. The summed E-state index contributed by atoms with van der Waals surface area (Å²) < 4.78 is 15.8. The molecule has 12 heteroatoms. The second kappa shape index (κ2) is 10.7. The molecule has 0 fully saturated rings. The van der Waals surface area contributed by atoms with E-state index in [0.717, 1.165) is 0 Å². The zero-order chi connectivity index (χ0) is 24.0. The van der Waals surface area contributed by atoms with Crippen LogP contribution in [0.1, 0.15) is 20.9 Å². The predicted octanol–water partition coefficient (Wildman–Crippen LogP) is 4.55. The number of nitro groups is 1. The normalized spacial score (nSPS) is 10.4. The number of halogens is 2. The molecule has 0 aliphatic carbocycles. The SMILES string of the molecule is O=C(CNC(=O)c1ccc(Br)o1)OCC(=O)c1ccc(Oc2c(Cl)cccc2[N+](=O)[O-])cc1. The van der Waals surface area contributed by atoms with Gasteiger partial charge in [-0.25, -0.2) is 0 Å². The summed E-state index contributed by atoms with van der Waals surface area (Å²) in [4.78, 5) is 46.3. The summed E-state index contributed by atoms with van der Waals surface area (Å²) in [6, 6.07) is 12.7. The molecule has 0 aliphatic rings. The molecule has 10 nitrogen and oxygen atoms in total. The largest absolute Gasteiger partial charge is 0.456 e. The van der Waals surface area contributed by atoms with E-state index in [0.29, 0.717) is 4.67 Å². The minimum atomic E-state index is -0.812. The lowest BCUT2D eigenvalue weighted by atomic mass is 10.1. The highest BCUT2D eigenvalue weighted by atomic mass is 79.9. The van der Waals surface area contributed by atoms with Crippen LogP contribution in [0.25, 0.3) is 0 Å². The van der Waals surface area contributed by atoms with Crippen LogP contribution in [0, 0.1) is 10.1 Å². The van der Waals surface area contributed by atoms with Crippen molar-refractivity contribution in [3.63, 3.8) is 0 Å². The number of furan rings is 1. The fraction of sp³-hybridized carbons (Fsp3) is 0.0952. The van der Waals surface area contributed by atoms with Gasteiger partial charge in [-0.2, -0.15) is 0 Å². The van der Waals surface area contributed by atoms with E-state index in [1.807, 2.05) is 0 Å². The van der Waals surface area contributed by atoms with Gasteiger partial charge in [-0.15, -0.1) is 0 Å². The van der Waals surface area contributed by atoms with Crippen LogP contribution in [0.15, 0.2) is 63.7 Å². The maximum atomic E-state index is 12.2. The fourth-order valence-corrected chi connectivity index (χ4v) is 3.04. The molecular formula is C21H14BrClN2O8. The zero-order valence-corrected chi connectivity index (χ0v) is 18.9. The lowest BCUT2D eigenvalue weighted by Gasteiger charge is -2.09. The summed E-state index contributed by atoms with van der Waals surface area (Å²) in [7, 11) is 0. The predicted molar refractivity (Wildman–Crippen MR) is 119 cm³/mol. The molecule has 33 heavy (non-hydrogen) atoms. The first-order chi connectivity index (χ1) is 15.7. The van der Waals surface area contributed by atoms with Crippen LogP contribution in [0.5, 0.6) is 11.5 Å². The lowest BCUT2D eigenvalue weighted by molar-refractivity contribution is -0.385. The van der Waals surface area contributed by atoms with Gasteiger partial charge in [0.05, 0.1) is 9.95 Å². The van der Waals surface area contributed by atoms with E-state index in [9.17, 15) is 24.5 Å². The number of amides is 1. The second-order valence-electron chi connectivity index (χ2n) is 6.34. The molecule has 0 bridgehead atoms. The Balaban J connectivity index is 1.52. The van der Waals surface area contributed by atoms with Gasteiger partial charge in [-0.3, -0.25) is 24.5 Å². The highest BCUT2D eigenvalue weighted by molar-refractivity contribution is 9.10. The molecule has 0 saturated carbocycles. The van der Waals surface area contributed by atoms with Crippen molar-refractivity contribution < 1.29 is 33.2 Å². The monoisotopic (exact) mass is 536 g/mol. The molecule has 0 radical (unpaired) electrons. The van der Waals surface area contributed by atoms with Gasteiger partial charge in [0.2, 0.25) is 5.75 Å². The Hall–Kier alpha value is -3.70. The smallest absolute Gasteiger partial charge is 0.325 e. The fourth-order valence-electron chi connectivity index (χ4n) is 2.53. The zero-order valence-electron chi connectivity index (χ0n) is 16.6. The Morgan fingerprint density at radius 3 is 2.45 bits per heavy atom. The molecule has 1 amide bonds. The number of carbonyl (C=O) groups excluding carboxylic acids is 3. The van der Waals surface area contributed by atoms with Gasteiger partial charge in [0.25, 0.3) is 5.91 Å². The van der Waals surface area contributed by atoms with Crippen molar-refractivity contribution in [1.29, 1.82) is 0 Å². The Morgan fingerprint density at radius 2 is 1.82 bits per heavy atom. The number of nitro benzene ring substituents is 1. The molecule has 1 N–H and O–H groups in total. The maximum absolute atomic E-state index is 12.2. The average Bonchev–Trinajstić information content (AvgIpc) is 3.23. The minimum absolute atomic E-state index is 0.00943. The molecule has 1 aromatic heterocycles. The van der Waals surface area contributed by atoms with E-state index in [4.69, 9.17) is 25.5 Å². The Labute approximate surface area is 199 Å². The summed E-state index contributed by atoms with van der Waals surface area (Å²) in [5, 5.41) is 13.5. The quantitative estimate of drug-likeness (QED) is 0.182. The Kier molecular flexibility index (Phi) is 7.80. The number of Topliss-reactive ketones (excluding diaryl/α,β-unsaturated/α-hetero) is 1. The van der Waals surface area contributed by atoms with Crippen LogP contribution in [-0.2, 0) is 9.53 Å². The number of rotatable bonds is 9. The first kappa shape index (κ1) is 24.0. The van der Waals surface area contributed by atoms with Crippen molar-refractivity contribution >= 4 is 50.9 Å². The third-order valence-corrected chi connectivity index (χ3v) is 4.82. The molecule has 0 saturated heterocycles. The van der Waals surface area contributed by atoms with E-state index in [2.05, 4.69) is 21.2 Å². The standard InChI is InChI=1S/C21H14BrClN2O8/c22-18-9-8-17(33-18)21(28)24-10-19(27)31-11-16(26)12-4-6-13(7-5-12)32-20-14(23)2-1-3-15(20)25(29)30/h1-9H,10-11H2,(H,24,28). The first-order valence-electron chi connectivity index (χ1n) is 9.18. The number of hydrogen-bond donors (Lipinski definition) is 1. The van der Waals surface area contributed by atoms with Gasteiger partial charge in [0, 0.05) is 11.6 Å². The van der Waals surface area contributed by atoms with Gasteiger partial charge in [-0.05, 0) is 58.4 Å². The number of nitrogens with zero attached hydrogens (tertiary/aromatic N) is 1. The van der Waals surface area contributed by atoms with Crippen molar-refractivity contribution in [2.45, 2.75) is 0 Å². The van der Waals surface area contributed by atoms with Crippen molar-refractivity contribution in [3.8, 4) is 11.5 Å². The van der Waals surface area contributed by atoms with Crippen molar-refractivity contribution in [3.05, 3.63) is 85.7 Å². The van der Waals surface area contributed by atoms with Gasteiger partial charge < -0.3 is 19.2 Å². The van der Waals surface area contributed by atoms with Crippen molar-refractivity contribution in [1.82, 2.24) is 5.32 Å². The highest BCUT2D eigenvalue weighted by Gasteiger charge is 2.19. The molecule has 0 unspecified atom stereocenters. The summed E-state index contributed by atoms with van der Waals surface area (Å²) in [5.41, 5.74) is -0.0883. The molecule has 170 valence electrons. The number of esters is 1. The molecule has 3 rings (SSSR count). The van der Waals surface area contributed by atoms with Gasteiger partial charge in [0.1, 0.15) is 12.3 Å². The van der Waals surface area contributed by atoms with E-state index < -0.39 is 35.7 Å². The van der Waals surface area contributed by atoms with E-state index in [1.165, 1.54) is 54.6 Å². The lowest BCUT2D eigenvalue weighted by Crippen LogP contribution is -2.31. The van der Waals surface area contributed by atoms with Gasteiger partial charge in [-0.1, -0.05) is 17.7 Å². The average molecular weight is 538 g/mol. The van der Waals surface area contributed by atoms with Crippen molar-refractivity contribution in [2.75, 3.05) is 13.2 Å². The molecule has 3 aromatic rings. The number of benzene rings is 2. The summed E-state index contributed by atoms with van der Waals surface area (Å²) >= 11 is 9.05. The van der Waals surface area contributed by atoms with E-state index >= 15 is 0 Å². The van der Waals surface area contributed by atoms with Crippen LogP contribution in [0.3, 0.4) is 0 Å². The molecular weight excluding hydrogens is 524 g/mol. The summed E-state index contributed by atoms with van der Waals surface area (Å²) in [5.74, 6) is -1.82. The first-order valence-corrected chi connectivity index (χ1v) is 10.3. The summed E-state index contributed by atoms with van der Waals surface area (Å²) in [6.07, 6.45) is 0. The highest BCUT2D eigenvalue weighted by Crippen LogP contribution is 2.37.